The first-order valence-corrected chi connectivity index (χ1v) is 7.69. The molecule has 1 fully saturated rings. The van der Waals surface area contributed by atoms with Crippen molar-refractivity contribution in [3.05, 3.63) is 37.8 Å². The van der Waals surface area contributed by atoms with Gasteiger partial charge in [0.2, 0.25) is 0 Å². The monoisotopic (exact) mass is 354 g/mol. The summed E-state index contributed by atoms with van der Waals surface area (Å²) < 4.78 is 5.88. The molecule has 0 saturated carbocycles. The van der Waals surface area contributed by atoms with Gasteiger partial charge < -0.3 is 9.64 Å². The lowest BCUT2D eigenvalue weighted by Gasteiger charge is -2.26. The lowest BCUT2D eigenvalue weighted by atomic mass is 10.00. The van der Waals surface area contributed by atoms with Gasteiger partial charge in [0.1, 0.15) is 0 Å². The zero-order chi connectivity index (χ0) is 15.0. The van der Waals surface area contributed by atoms with Crippen molar-refractivity contribution in [2.45, 2.75) is 19.4 Å². The normalized spacial score (nSPS) is 18.9. The Bertz CT molecular complexity index is 599. The topological polar surface area (TPSA) is 72.7 Å². The summed E-state index contributed by atoms with van der Waals surface area (Å²) in [6.07, 6.45) is 1.87. The van der Waals surface area contributed by atoms with Gasteiger partial charge in [0.25, 0.3) is 11.6 Å². The molecule has 7 heteroatoms. The van der Waals surface area contributed by atoms with Gasteiger partial charge in [-0.3, -0.25) is 14.9 Å². The van der Waals surface area contributed by atoms with Gasteiger partial charge in [0.15, 0.2) is 0 Å². The van der Waals surface area contributed by atoms with Crippen molar-refractivity contribution in [3.63, 3.8) is 0 Å². The number of hydrogen-bond donors (Lipinski definition) is 0. The van der Waals surface area contributed by atoms with Gasteiger partial charge in [0.05, 0.1) is 22.6 Å². The second-order valence-corrected chi connectivity index (χ2v) is 6.37. The third kappa shape index (κ3) is 2.80. The molecule has 0 unspecified atom stereocenters. The Balaban J connectivity index is 1.84. The molecule has 3 rings (SSSR count). The molecule has 2 heterocycles. The minimum Gasteiger partial charge on any atom is -0.381 e. The predicted molar refractivity (Wildman–Crippen MR) is 79.1 cm³/mol. The zero-order valence-electron chi connectivity index (χ0n) is 11.4. The summed E-state index contributed by atoms with van der Waals surface area (Å²) in [6, 6.07) is 3.14. The summed E-state index contributed by atoms with van der Waals surface area (Å²) >= 11 is 3.24. The molecule has 112 valence electrons. The van der Waals surface area contributed by atoms with Crippen molar-refractivity contribution in [1.82, 2.24) is 4.90 Å². The molecule has 0 aliphatic carbocycles. The smallest absolute Gasteiger partial charge is 0.276 e. The van der Waals surface area contributed by atoms with Crippen molar-refractivity contribution in [2.24, 2.45) is 5.92 Å². The van der Waals surface area contributed by atoms with E-state index < -0.39 is 4.92 Å². The zero-order valence-corrected chi connectivity index (χ0v) is 13.0. The first kappa shape index (κ1) is 14.5. The van der Waals surface area contributed by atoms with E-state index in [9.17, 15) is 14.9 Å². The summed E-state index contributed by atoms with van der Waals surface area (Å²) in [5, 5.41) is 11.2. The van der Waals surface area contributed by atoms with Crippen LogP contribution in [0.25, 0.3) is 0 Å². The second-order valence-electron chi connectivity index (χ2n) is 5.45. The molecule has 2 aliphatic heterocycles. The molecule has 1 saturated heterocycles. The Morgan fingerprint density at radius 3 is 2.76 bits per heavy atom. The average Bonchev–Trinajstić information content (AvgIpc) is 2.76. The van der Waals surface area contributed by atoms with Crippen LogP contribution in [0.5, 0.6) is 0 Å². The summed E-state index contributed by atoms with van der Waals surface area (Å²) in [5.41, 5.74) is 0.991. The van der Waals surface area contributed by atoms with Gasteiger partial charge in [-0.1, -0.05) is 15.9 Å². The van der Waals surface area contributed by atoms with Crippen molar-refractivity contribution in [3.8, 4) is 0 Å². The molecule has 1 aromatic carbocycles. The van der Waals surface area contributed by atoms with Crippen molar-refractivity contribution in [2.75, 3.05) is 19.8 Å². The molecule has 21 heavy (non-hydrogen) atoms. The fourth-order valence-corrected chi connectivity index (χ4v) is 3.41. The Labute approximate surface area is 130 Å². The lowest BCUT2D eigenvalue weighted by molar-refractivity contribution is -0.385. The van der Waals surface area contributed by atoms with Crippen molar-refractivity contribution >= 4 is 27.5 Å². The van der Waals surface area contributed by atoms with E-state index in [1.807, 2.05) is 0 Å². The third-order valence-corrected chi connectivity index (χ3v) is 4.53. The van der Waals surface area contributed by atoms with Gasteiger partial charge in [0, 0.05) is 30.3 Å². The number of fused-ring (bicyclic) bond motifs is 1. The Morgan fingerprint density at radius 2 is 2.10 bits per heavy atom. The van der Waals surface area contributed by atoms with E-state index in [2.05, 4.69) is 15.9 Å². The number of hydrogen-bond acceptors (Lipinski definition) is 4. The van der Waals surface area contributed by atoms with Crippen LogP contribution in [-0.2, 0) is 11.3 Å². The number of amides is 1. The first-order chi connectivity index (χ1) is 10.1. The molecular formula is C14H15BrN2O4. The molecule has 2 aliphatic rings. The maximum absolute atomic E-state index is 12.4. The summed E-state index contributed by atoms with van der Waals surface area (Å²) in [4.78, 5) is 24.9. The Kier molecular flexibility index (Phi) is 3.95. The van der Waals surface area contributed by atoms with E-state index in [1.54, 1.807) is 11.0 Å². The number of halogens is 1. The number of ether oxygens (including phenoxy) is 1. The van der Waals surface area contributed by atoms with E-state index in [4.69, 9.17) is 4.74 Å². The van der Waals surface area contributed by atoms with Crippen LogP contribution in [0.2, 0.25) is 0 Å². The van der Waals surface area contributed by atoms with Crippen LogP contribution in [0, 0.1) is 16.0 Å². The highest BCUT2D eigenvalue weighted by atomic mass is 79.9. The molecule has 0 bridgehead atoms. The van der Waals surface area contributed by atoms with Gasteiger partial charge >= 0.3 is 0 Å². The van der Waals surface area contributed by atoms with Gasteiger partial charge in [-0.2, -0.15) is 0 Å². The van der Waals surface area contributed by atoms with E-state index in [0.717, 1.165) is 26.1 Å². The van der Waals surface area contributed by atoms with Crippen LogP contribution in [0.3, 0.4) is 0 Å². The number of nitro groups is 1. The van der Waals surface area contributed by atoms with E-state index >= 15 is 0 Å². The van der Waals surface area contributed by atoms with Crippen LogP contribution >= 0.6 is 15.9 Å². The van der Waals surface area contributed by atoms with Crippen LogP contribution < -0.4 is 0 Å². The number of carbonyl (C=O) groups is 1. The van der Waals surface area contributed by atoms with Crippen LogP contribution in [-0.4, -0.2) is 35.5 Å². The standard InChI is InChI=1S/C14H15BrN2O4/c15-10-5-11-12(13(6-10)17(19)20)8-16(14(11)18)7-9-1-3-21-4-2-9/h5-6,9H,1-4,7-8H2. The van der Waals surface area contributed by atoms with Crippen molar-refractivity contribution < 1.29 is 14.5 Å². The highest BCUT2D eigenvalue weighted by Crippen LogP contribution is 2.34. The minimum absolute atomic E-state index is 0.0159. The highest BCUT2D eigenvalue weighted by molar-refractivity contribution is 9.10. The molecule has 6 nitrogen and oxygen atoms in total. The number of benzene rings is 1. The summed E-state index contributed by atoms with van der Waals surface area (Å²) in [5.74, 6) is 0.306. The van der Waals surface area contributed by atoms with Crippen LogP contribution in [0.4, 0.5) is 5.69 Å². The minimum atomic E-state index is -0.422. The summed E-state index contributed by atoms with van der Waals surface area (Å²) in [7, 11) is 0. The molecule has 0 N–H and O–H groups in total. The number of nitrogens with zero attached hydrogens (tertiary/aromatic N) is 2. The van der Waals surface area contributed by atoms with E-state index in [0.29, 0.717) is 34.6 Å². The van der Waals surface area contributed by atoms with Crippen LogP contribution in [0.1, 0.15) is 28.8 Å². The molecule has 1 amide bonds. The molecule has 0 aromatic heterocycles. The fourth-order valence-electron chi connectivity index (χ4n) is 2.96. The molecule has 1 aromatic rings. The Morgan fingerprint density at radius 1 is 1.38 bits per heavy atom. The Hall–Kier alpha value is -1.47. The molecular weight excluding hydrogens is 340 g/mol. The first-order valence-electron chi connectivity index (χ1n) is 6.90. The fraction of sp³-hybridized carbons (Fsp3) is 0.500. The number of carbonyl (C=O) groups excluding carboxylic acids is 1. The highest BCUT2D eigenvalue weighted by Gasteiger charge is 2.35. The largest absolute Gasteiger partial charge is 0.381 e. The molecule has 0 atom stereocenters. The molecule has 0 spiro atoms. The van der Waals surface area contributed by atoms with E-state index in [-0.39, 0.29) is 11.6 Å². The maximum Gasteiger partial charge on any atom is 0.276 e. The van der Waals surface area contributed by atoms with E-state index in [1.165, 1.54) is 6.07 Å². The lowest BCUT2D eigenvalue weighted by Crippen LogP contribution is -2.32. The van der Waals surface area contributed by atoms with Gasteiger partial charge in [-0.05, 0) is 24.8 Å². The van der Waals surface area contributed by atoms with Gasteiger partial charge in [-0.25, -0.2) is 0 Å². The summed E-state index contributed by atoms with van der Waals surface area (Å²) in [6.45, 7) is 2.43. The van der Waals surface area contributed by atoms with Crippen LogP contribution in [0.15, 0.2) is 16.6 Å². The van der Waals surface area contributed by atoms with Crippen molar-refractivity contribution in [1.29, 1.82) is 0 Å². The average molecular weight is 355 g/mol. The number of nitro benzene ring substituents is 1. The maximum atomic E-state index is 12.4. The van der Waals surface area contributed by atoms with Gasteiger partial charge in [-0.15, -0.1) is 0 Å². The third-order valence-electron chi connectivity index (χ3n) is 4.07. The predicted octanol–water partition coefficient (Wildman–Crippen LogP) is 2.74. The molecule has 0 radical (unpaired) electrons. The quantitative estimate of drug-likeness (QED) is 0.617. The SMILES string of the molecule is O=C1c2cc(Br)cc([N+](=O)[O-])c2CN1CC1CCOCC1. The number of rotatable bonds is 3. The second kappa shape index (κ2) is 5.73.